The van der Waals surface area contributed by atoms with E-state index in [9.17, 15) is 29.4 Å². The SMILES string of the molecule is COc1ccc(C23C(=O)N(Nc4ccc(Cl)cc4Cl)C(=O)C2CC2C(=CCC4C(=O)N(c5cccc(C(=O)O)c5)C(=O)C42)C3c2ccc(CO)o2)cc1. The number of imide groups is 2. The molecule has 3 N–H and O–H groups in total. The summed E-state index contributed by atoms with van der Waals surface area (Å²) in [5.74, 6) is -6.80. The first-order valence-corrected chi connectivity index (χ1v) is 17.6. The number of hydrogen-bond donors (Lipinski definition) is 3. The zero-order valence-corrected chi connectivity index (χ0v) is 29.5. The van der Waals surface area contributed by atoms with Gasteiger partial charge in [-0.15, -0.1) is 0 Å². The average Bonchev–Trinajstić information content (AvgIpc) is 3.80. The van der Waals surface area contributed by atoms with Crippen LogP contribution in [0.2, 0.25) is 10.0 Å². The third-order valence-electron chi connectivity index (χ3n) is 11.1. The lowest BCUT2D eigenvalue weighted by molar-refractivity contribution is -0.138. The number of carboxylic acid groups (broad SMARTS) is 1. The molecule has 1 saturated carbocycles. The molecule has 8 rings (SSSR count). The minimum atomic E-state index is -1.63. The van der Waals surface area contributed by atoms with Gasteiger partial charge in [-0.1, -0.05) is 53.1 Å². The molecule has 2 aliphatic carbocycles. The molecule has 3 aromatic carbocycles. The Labute approximate surface area is 312 Å². The van der Waals surface area contributed by atoms with E-state index < -0.39 is 71.2 Å². The minimum Gasteiger partial charge on any atom is -0.497 e. The van der Waals surface area contributed by atoms with Crippen molar-refractivity contribution < 1.29 is 43.3 Å². The average molecular weight is 757 g/mol. The summed E-state index contributed by atoms with van der Waals surface area (Å²) in [4.78, 5) is 71.4. The van der Waals surface area contributed by atoms with E-state index in [1.807, 2.05) is 6.08 Å². The molecule has 3 fully saturated rings. The van der Waals surface area contributed by atoms with E-state index in [0.717, 1.165) is 9.91 Å². The monoisotopic (exact) mass is 755 g/mol. The molecule has 4 aliphatic rings. The fraction of sp³-hybridized carbons (Fsp3) is 0.256. The molecule has 4 aromatic rings. The van der Waals surface area contributed by atoms with Crippen LogP contribution < -0.4 is 15.1 Å². The largest absolute Gasteiger partial charge is 0.497 e. The number of carbonyl (C=O) groups is 5. The van der Waals surface area contributed by atoms with Crippen LogP contribution in [0, 0.1) is 23.7 Å². The fourth-order valence-corrected chi connectivity index (χ4v) is 9.27. The Morgan fingerprint density at radius 1 is 0.962 bits per heavy atom. The Morgan fingerprint density at radius 2 is 1.74 bits per heavy atom. The maximum absolute atomic E-state index is 15.3. The number of allylic oxidation sites excluding steroid dienone is 2. The van der Waals surface area contributed by atoms with Crippen molar-refractivity contribution in [1.29, 1.82) is 0 Å². The summed E-state index contributed by atoms with van der Waals surface area (Å²) in [7, 11) is 1.51. The van der Waals surface area contributed by atoms with Crippen LogP contribution in [0.25, 0.3) is 0 Å². The molecule has 0 bridgehead atoms. The molecule has 12 nitrogen and oxygen atoms in total. The predicted molar refractivity (Wildman–Crippen MR) is 191 cm³/mol. The number of amides is 4. The quantitative estimate of drug-likeness (QED) is 0.144. The number of aliphatic hydroxyl groups is 1. The van der Waals surface area contributed by atoms with Crippen molar-refractivity contribution in [3.8, 4) is 5.75 Å². The van der Waals surface area contributed by atoms with E-state index in [0.29, 0.717) is 27.7 Å². The number of halogens is 2. The van der Waals surface area contributed by atoms with Gasteiger partial charge in [0.2, 0.25) is 11.8 Å². The van der Waals surface area contributed by atoms with Crippen LogP contribution in [0.3, 0.4) is 0 Å². The summed E-state index contributed by atoms with van der Waals surface area (Å²) in [6, 6.07) is 20.3. The highest BCUT2D eigenvalue weighted by atomic mass is 35.5. The number of carbonyl (C=O) groups excluding carboxylic acids is 4. The smallest absolute Gasteiger partial charge is 0.335 e. The Morgan fingerprint density at radius 3 is 2.42 bits per heavy atom. The van der Waals surface area contributed by atoms with Crippen LogP contribution in [0.15, 0.2) is 94.9 Å². The number of nitrogens with zero attached hydrogens (tertiary/aromatic N) is 2. The van der Waals surface area contributed by atoms with E-state index in [1.165, 1.54) is 37.4 Å². The Kier molecular flexibility index (Phi) is 8.44. The number of aliphatic hydroxyl groups excluding tert-OH is 1. The van der Waals surface area contributed by atoms with Crippen molar-refractivity contribution in [2.45, 2.75) is 30.8 Å². The summed E-state index contributed by atoms with van der Waals surface area (Å²) in [6.07, 6.45) is 2.03. The second kappa shape index (κ2) is 12.9. The number of aromatic carboxylic acids is 1. The summed E-state index contributed by atoms with van der Waals surface area (Å²) < 4.78 is 11.6. The van der Waals surface area contributed by atoms with Crippen LogP contribution in [-0.4, -0.2) is 51.9 Å². The number of rotatable bonds is 8. The van der Waals surface area contributed by atoms with Crippen LogP contribution >= 0.6 is 23.2 Å². The van der Waals surface area contributed by atoms with Gasteiger partial charge >= 0.3 is 5.97 Å². The molecule has 0 spiro atoms. The maximum atomic E-state index is 15.3. The minimum absolute atomic E-state index is 0.0161. The molecular weight excluding hydrogens is 725 g/mol. The summed E-state index contributed by atoms with van der Waals surface area (Å²) in [5, 5.41) is 21.1. The number of nitrogens with one attached hydrogen (secondary N) is 1. The highest BCUT2D eigenvalue weighted by Crippen LogP contribution is 2.64. The molecule has 6 unspecified atom stereocenters. The Balaban J connectivity index is 1.30. The standard InChI is InChI=1S/C39H31Cl2N3O9/c1-52-23-8-5-20(6-9-23)39-28(35(47)44(38(39)51)42-30-13-7-21(40)16-29(30)41)17-27-25(33(39)31-14-10-24(18-45)53-31)11-12-26-32(27)36(48)43(34(26)46)22-4-2-3-19(15-22)37(49)50/h2-11,13-16,26-28,32-33,42,45H,12,17-18H2,1H3,(H,49,50). The first kappa shape index (κ1) is 34.6. The molecule has 3 heterocycles. The van der Waals surface area contributed by atoms with E-state index in [-0.39, 0.29) is 40.6 Å². The van der Waals surface area contributed by atoms with Gasteiger partial charge < -0.3 is 19.4 Å². The van der Waals surface area contributed by atoms with Crippen LogP contribution in [0.4, 0.5) is 11.4 Å². The van der Waals surface area contributed by atoms with Crippen LogP contribution in [0.1, 0.15) is 46.2 Å². The van der Waals surface area contributed by atoms with Gasteiger partial charge in [-0.2, -0.15) is 5.01 Å². The molecular formula is C39H31Cl2N3O9. The number of hydrogen-bond acceptors (Lipinski definition) is 9. The van der Waals surface area contributed by atoms with Gasteiger partial charge in [-0.3, -0.25) is 29.5 Å². The summed E-state index contributed by atoms with van der Waals surface area (Å²) in [6.45, 7) is -0.425. The number of ether oxygens (including phenoxy) is 1. The number of anilines is 2. The topological polar surface area (TPSA) is 167 Å². The zero-order chi connectivity index (χ0) is 37.3. The zero-order valence-electron chi connectivity index (χ0n) is 28.0. The highest BCUT2D eigenvalue weighted by Gasteiger charge is 2.71. The molecule has 53 heavy (non-hydrogen) atoms. The van der Waals surface area contributed by atoms with E-state index in [1.54, 1.807) is 48.5 Å². The van der Waals surface area contributed by atoms with Crippen LogP contribution in [-0.2, 0) is 31.2 Å². The van der Waals surface area contributed by atoms with E-state index >= 15 is 4.79 Å². The molecule has 1 aromatic heterocycles. The van der Waals surface area contributed by atoms with Gasteiger partial charge in [0.05, 0.1) is 52.7 Å². The molecule has 270 valence electrons. The van der Waals surface area contributed by atoms with Crippen molar-refractivity contribution >= 4 is 64.2 Å². The summed E-state index contributed by atoms with van der Waals surface area (Å²) in [5.41, 5.74) is 2.75. The fourth-order valence-electron chi connectivity index (χ4n) is 8.82. The Bertz CT molecular complexity index is 2250. The first-order chi connectivity index (χ1) is 25.5. The lowest BCUT2D eigenvalue weighted by Crippen LogP contribution is -2.53. The Hall–Kier alpha value is -5.43. The molecule has 6 atom stereocenters. The second-order valence-electron chi connectivity index (χ2n) is 13.5. The lowest BCUT2D eigenvalue weighted by Gasteiger charge is -2.49. The number of hydrazine groups is 1. The second-order valence-corrected chi connectivity index (χ2v) is 14.4. The first-order valence-electron chi connectivity index (χ1n) is 16.8. The number of furan rings is 1. The molecule has 0 radical (unpaired) electrons. The third kappa shape index (κ3) is 5.19. The van der Waals surface area contributed by atoms with E-state index in [2.05, 4.69) is 5.43 Å². The van der Waals surface area contributed by atoms with Gasteiger partial charge in [0.15, 0.2) is 0 Å². The lowest BCUT2D eigenvalue weighted by atomic mass is 9.50. The maximum Gasteiger partial charge on any atom is 0.335 e. The number of benzene rings is 3. The van der Waals surface area contributed by atoms with Crippen molar-refractivity contribution in [3.05, 3.63) is 123 Å². The van der Waals surface area contributed by atoms with E-state index in [4.69, 9.17) is 32.4 Å². The third-order valence-corrected chi connectivity index (χ3v) is 11.6. The number of fused-ring (bicyclic) bond motifs is 4. The van der Waals surface area contributed by atoms with Gasteiger partial charge in [0.25, 0.3) is 11.8 Å². The predicted octanol–water partition coefficient (Wildman–Crippen LogP) is 5.98. The van der Waals surface area contributed by atoms with Crippen molar-refractivity contribution in [2.24, 2.45) is 23.7 Å². The van der Waals surface area contributed by atoms with Crippen molar-refractivity contribution in [3.63, 3.8) is 0 Å². The molecule has 2 aliphatic heterocycles. The van der Waals surface area contributed by atoms with Gasteiger partial charge in [0, 0.05) is 5.02 Å². The van der Waals surface area contributed by atoms with Crippen molar-refractivity contribution in [1.82, 2.24) is 5.01 Å². The van der Waals surface area contributed by atoms with Crippen LogP contribution in [0.5, 0.6) is 5.75 Å². The normalized spacial score (nSPS) is 26.3. The van der Waals surface area contributed by atoms with Gasteiger partial charge in [0.1, 0.15) is 29.3 Å². The molecule has 14 heteroatoms. The molecule has 4 amide bonds. The number of carboxylic acids is 1. The summed E-state index contributed by atoms with van der Waals surface area (Å²) >= 11 is 12.6. The van der Waals surface area contributed by atoms with Gasteiger partial charge in [-0.25, -0.2) is 4.79 Å². The highest BCUT2D eigenvalue weighted by molar-refractivity contribution is 6.36. The number of methoxy groups -OCH3 is 1. The van der Waals surface area contributed by atoms with Crippen molar-refractivity contribution in [2.75, 3.05) is 17.4 Å². The molecule has 2 saturated heterocycles. The van der Waals surface area contributed by atoms with Gasteiger partial charge in [-0.05, 0) is 85.0 Å².